The predicted molar refractivity (Wildman–Crippen MR) is 139 cm³/mol. The summed E-state index contributed by atoms with van der Waals surface area (Å²) in [6, 6.07) is 16.8. The Kier molecular flexibility index (Phi) is 6.56. The van der Waals surface area contributed by atoms with E-state index in [9.17, 15) is 19.1 Å². The fourth-order valence-corrected chi connectivity index (χ4v) is 5.00. The summed E-state index contributed by atoms with van der Waals surface area (Å²) in [7, 11) is 2.92. The van der Waals surface area contributed by atoms with Gasteiger partial charge in [0.05, 0.1) is 31.4 Å². The number of aliphatic hydroxyl groups excluding tert-OH is 1. The van der Waals surface area contributed by atoms with Crippen molar-refractivity contribution in [3.05, 3.63) is 89.2 Å². The molecule has 0 saturated carbocycles. The van der Waals surface area contributed by atoms with Crippen LogP contribution in [0, 0.1) is 5.82 Å². The molecule has 37 heavy (non-hydrogen) atoms. The second-order valence-electron chi connectivity index (χ2n) is 9.00. The summed E-state index contributed by atoms with van der Waals surface area (Å²) in [5, 5.41) is 11.4. The van der Waals surface area contributed by atoms with Gasteiger partial charge in [-0.3, -0.25) is 14.5 Å². The number of carbonyl (C=O) groups is 2. The van der Waals surface area contributed by atoms with Gasteiger partial charge in [0.2, 0.25) is 0 Å². The minimum absolute atomic E-state index is 0.119. The first-order chi connectivity index (χ1) is 17.9. The third-order valence-corrected chi connectivity index (χ3v) is 6.89. The average Bonchev–Trinajstić information content (AvgIpc) is 3.56. The number of hydrogen-bond donors (Lipinski definition) is 1. The minimum Gasteiger partial charge on any atom is -0.507 e. The third-order valence-electron chi connectivity index (χ3n) is 6.89. The van der Waals surface area contributed by atoms with Gasteiger partial charge >= 0.3 is 0 Å². The zero-order valence-corrected chi connectivity index (χ0v) is 20.6. The van der Waals surface area contributed by atoms with Crippen LogP contribution in [0.15, 0.2) is 72.3 Å². The summed E-state index contributed by atoms with van der Waals surface area (Å²) in [6.07, 6.45) is 2.27. The van der Waals surface area contributed by atoms with E-state index < -0.39 is 29.3 Å². The van der Waals surface area contributed by atoms with Crippen LogP contribution in [0.3, 0.4) is 0 Å². The fourth-order valence-electron chi connectivity index (χ4n) is 5.00. The van der Waals surface area contributed by atoms with E-state index in [0.717, 1.165) is 31.6 Å². The number of hydrogen-bond acceptors (Lipinski definition) is 6. The molecule has 2 aliphatic rings. The van der Waals surface area contributed by atoms with Crippen LogP contribution in [0.4, 0.5) is 15.8 Å². The highest BCUT2D eigenvalue weighted by Crippen LogP contribution is 2.44. The van der Waals surface area contributed by atoms with Crippen LogP contribution in [0.5, 0.6) is 11.5 Å². The van der Waals surface area contributed by atoms with E-state index in [-0.39, 0.29) is 11.1 Å². The van der Waals surface area contributed by atoms with E-state index >= 15 is 0 Å². The number of halogens is 1. The third kappa shape index (κ3) is 4.39. The van der Waals surface area contributed by atoms with Crippen molar-refractivity contribution in [3.8, 4) is 11.5 Å². The Hall–Kier alpha value is -4.33. The van der Waals surface area contributed by atoms with Crippen LogP contribution in [0.25, 0.3) is 5.76 Å². The normalized spacial score (nSPS) is 18.9. The van der Waals surface area contributed by atoms with Crippen molar-refractivity contribution in [2.75, 3.05) is 37.1 Å². The highest BCUT2D eigenvalue weighted by molar-refractivity contribution is 6.51. The molecule has 3 aromatic carbocycles. The van der Waals surface area contributed by atoms with E-state index in [1.807, 2.05) is 12.1 Å². The minimum atomic E-state index is -0.978. The summed E-state index contributed by atoms with van der Waals surface area (Å²) in [5.41, 5.74) is 2.10. The van der Waals surface area contributed by atoms with Crippen molar-refractivity contribution in [2.24, 2.45) is 0 Å². The molecular weight excluding hydrogens is 475 g/mol. The number of methoxy groups -OCH3 is 2. The molecule has 1 amide bonds. The van der Waals surface area contributed by atoms with Gasteiger partial charge in [0.25, 0.3) is 11.7 Å². The standard InChI is InChI=1S/C29H27FN2O5/c1-36-22-13-14-24(37-2)23(17-22)27(33)25-26(18-5-7-19(30)8-6-18)32(29(35)28(25)34)21-11-9-20(10-12-21)31-15-3-4-16-31/h5-14,17,26,33H,3-4,15-16H2,1-2H3/b27-25+. The predicted octanol–water partition coefficient (Wildman–Crippen LogP) is 5.07. The van der Waals surface area contributed by atoms with E-state index in [0.29, 0.717) is 22.7 Å². The summed E-state index contributed by atoms with van der Waals surface area (Å²) in [5.74, 6) is -1.75. The van der Waals surface area contributed by atoms with Gasteiger partial charge < -0.3 is 19.5 Å². The van der Waals surface area contributed by atoms with Crippen LogP contribution in [-0.4, -0.2) is 44.1 Å². The van der Waals surface area contributed by atoms with Gasteiger partial charge in [-0.15, -0.1) is 0 Å². The Balaban J connectivity index is 1.66. The number of Topliss-reactive ketones (excluding diaryl/α,β-unsaturated/α-hetero) is 1. The first-order valence-electron chi connectivity index (χ1n) is 12.1. The number of ketones is 1. The van der Waals surface area contributed by atoms with Crippen molar-refractivity contribution in [1.29, 1.82) is 0 Å². The topological polar surface area (TPSA) is 79.3 Å². The van der Waals surface area contributed by atoms with Crippen LogP contribution < -0.4 is 19.3 Å². The quantitative estimate of drug-likeness (QED) is 0.288. The highest BCUT2D eigenvalue weighted by Gasteiger charge is 2.47. The summed E-state index contributed by atoms with van der Waals surface area (Å²) in [6.45, 7) is 1.95. The second-order valence-corrected chi connectivity index (χ2v) is 9.00. The molecule has 2 aliphatic heterocycles. The van der Waals surface area contributed by atoms with Crippen LogP contribution in [-0.2, 0) is 9.59 Å². The first kappa shape index (κ1) is 24.4. The largest absolute Gasteiger partial charge is 0.507 e. The molecule has 2 saturated heterocycles. The number of aliphatic hydroxyl groups is 1. The number of amides is 1. The molecule has 5 rings (SSSR count). The lowest BCUT2D eigenvalue weighted by molar-refractivity contribution is -0.132. The average molecular weight is 503 g/mol. The molecule has 8 heteroatoms. The Labute approximate surface area is 214 Å². The molecule has 1 N–H and O–H groups in total. The van der Waals surface area contributed by atoms with Crippen molar-refractivity contribution >= 4 is 28.8 Å². The van der Waals surface area contributed by atoms with Crippen LogP contribution >= 0.6 is 0 Å². The SMILES string of the molecule is COc1ccc(OC)c(/C(O)=C2\C(=O)C(=O)N(c3ccc(N4CCCC4)cc3)C2c2ccc(F)cc2)c1. The maximum absolute atomic E-state index is 13.8. The molecule has 0 aromatic heterocycles. The van der Waals surface area contributed by atoms with Gasteiger partial charge in [-0.1, -0.05) is 12.1 Å². The van der Waals surface area contributed by atoms with E-state index in [1.54, 1.807) is 24.3 Å². The Morgan fingerprint density at radius 1 is 0.892 bits per heavy atom. The van der Waals surface area contributed by atoms with Crippen LogP contribution in [0.1, 0.15) is 30.0 Å². The van der Waals surface area contributed by atoms with Gasteiger partial charge in [0, 0.05) is 24.5 Å². The molecule has 0 aliphatic carbocycles. The molecule has 0 radical (unpaired) electrons. The molecule has 0 spiro atoms. The van der Waals surface area contributed by atoms with Crippen LogP contribution in [0.2, 0.25) is 0 Å². The second kappa shape index (κ2) is 9.97. The zero-order chi connectivity index (χ0) is 26.1. The molecule has 0 bridgehead atoms. The first-order valence-corrected chi connectivity index (χ1v) is 12.1. The highest BCUT2D eigenvalue weighted by atomic mass is 19.1. The Morgan fingerprint density at radius 3 is 2.16 bits per heavy atom. The molecule has 2 fully saturated rings. The van der Waals surface area contributed by atoms with E-state index in [2.05, 4.69) is 4.90 Å². The molecule has 1 atom stereocenters. The van der Waals surface area contributed by atoms with E-state index in [4.69, 9.17) is 9.47 Å². The number of carbonyl (C=O) groups excluding carboxylic acids is 2. The molecule has 3 aromatic rings. The summed E-state index contributed by atoms with van der Waals surface area (Å²) >= 11 is 0. The lowest BCUT2D eigenvalue weighted by Gasteiger charge is -2.26. The smallest absolute Gasteiger partial charge is 0.300 e. The number of nitrogens with zero attached hydrogens (tertiary/aromatic N) is 2. The fraction of sp³-hybridized carbons (Fsp3) is 0.241. The van der Waals surface area contributed by atoms with E-state index in [1.165, 1.54) is 49.5 Å². The maximum atomic E-state index is 13.8. The maximum Gasteiger partial charge on any atom is 0.300 e. The molecule has 1 unspecified atom stereocenters. The van der Waals surface area contributed by atoms with Crippen molar-refractivity contribution < 1.29 is 28.6 Å². The molecule has 2 heterocycles. The summed E-state index contributed by atoms with van der Waals surface area (Å²) in [4.78, 5) is 30.5. The number of anilines is 2. The molecule has 7 nitrogen and oxygen atoms in total. The van der Waals surface area contributed by atoms with Crippen molar-refractivity contribution in [1.82, 2.24) is 0 Å². The molecular formula is C29H27FN2O5. The zero-order valence-electron chi connectivity index (χ0n) is 20.6. The lowest BCUT2D eigenvalue weighted by atomic mass is 9.94. The lowest BCUT2D eigenvalue weighted by Crippen LogP contribution is -2.29. The number of benzene rings is 3. The molecule has 190 valence electrons. The van der Waals surface area contributed by atoms with Gasteiger partial charge in [0.1, 0.15) is 23.1 Å². The summed E-state index contributed by atoms with van der Waals surface area (Å²) < 4.78 is 24.5. The number of rotatable bonds is 6. The van der Waals surface area contributed by atoms with Crippen molar-refractivity contribution in [2.45, 2.75) is 18.9 Å². The van der Waals surface area contributed by atoms with Crippen molar-refractivity contribution in [3.63, 3.8) is 0 Å². The van der Waals surface area contributed by atoms with Gasteiger partial charge in [-0.05, 0) is 73.0 Å². The van der Waals surface area contributed by atoms with Gasteiger partial charge in [-0.2, -0.15) is 0 Å². The van der Waals surface area contributed by atoms with Gasteiger partial charge in [0.15, 0.2) is 0 Å². The Morgan fingerprint density at radius 2 is 1.54 bits per heavy atom. The monoisotopic (exact) mass is 502 g/mol. The van der Waals surface area contributed by atoms with Gasteiger partial charge in [-0.25, -0.2) is 4.39 Å². The number of ether oxygens (including phenoxy) is 2. The Bertz CT molecular complexity index is 1360.